The monoisotopic (exact) mass is 477 g/mol. The highest BCUT2D eigenvalue weighted by molar-refractivity contribution is 7.10. The minimum absolute atomic E-state index is 0.0798. The lowest BCUT2D eigenvalue weighted by molar-refractivity contribution is -0.192. The van der Waals surface area contributed by atoms with Crippen LogP contribution in [0.3, 0.4) is 0 Å². The lowest BCUT2D eigenvalue weighted by atomic mass is 9.93. The van der Waals surface area contributed by atoms with Crippen molar-refractivity contribution >= 4 is 34.6 Å². The van der Waals surface area contributed by atoms with E-state index in [9.17, 15) is 18.0 Å². The van der Waals surface area contributed by atoms with Gasteiger partial charge in [-0.2, -0.15) is 13.2 Å². The molecule has 3 atom stereocenters. The molecule has 31 heavy (non-hydrogen) atoms. The van der Waals surface area contributed by atoms with Crippen molar-refractivity contribution in [3.05, 3.63) is 38.5 Å². The van der Waals surface area contributed by atoms with Crippen molar-refractivity contribution in [2.75, 3.05) is 26.2 Å². The summed E-state index contributed by atoms with van der Waals surface area (Å²) in [6.45, 7) is 6.66. The van der Waals surface area contributed by atoms with Crippen LogP contribution in [0.2, 0.25) is 0 Å². The van der Waals surface area contributed by atoms with Gasteiger partial charge in [-0.1, -0.05) is 0 Å². The third-order valence-electron chi connectivity index (χ3n) is 5.28. The predicted molar refractivity (Wildman–Crippen MR) is 109 cm³/mol. The number of thiazole rings is 1. The molecular weight excluding hydrogens is 455 g/mol. The number of aliphatic carboxylic acids is 1. The van der Waals surface area contributed by atoms with Crippen molar-refractivity contribution in [1.29, 1.82) is 0 Å². The van der Waals surface area contributed by atoms with E-state index in [0.717, 1.165) is 26.2 Å². The van der Waals surface area contributed by atoms with Gasteiger partial charge in [-0.25, -0.2) is 9.78 Å². The molecule has 0 unspecified atom stereocenters. The number of hydrogen-bond donors (Lipinski definition) is 2. The Bertz CT molecular complexity index is 888. The Kier molecular flexibility index (Phi) is 7.68. The molecule has 0 radical (unpaired) electrons. The SMILES string of the molecule is Cc1ccsc1CN1C[C@@H]2[C@@H](CNC(=O)c3cscn3)CO[C@@H]2C1.O=C(O)C(F)(F)F. The summed E-state index contributed by atoms with van der Waals surface area (Å²) in [5.41, 5.74) is 3.58. The van der Waals surface area contributed by atoms with Gasteiger partial charge in [0.25, 0.3) is 5.91 Å². The maximum absolute atomic E-state index is 12.1. The second-order valence-electron chi connectivity index (χ2n) is 7.40. The Labute approximate surface area is 184 Å². The molecule has 2 fully saturated rings. The van der Waals surface area contributed by atoms with Gasteiger partial charge in [0.15, 0.2) is 0 Å². The van der Waals surface area contributed by atoms with Crippen molar-refractivity contribution in [3.63, 3.8) is 0 Å². The molecule has 2 aromatic rings. The van der Waals surface area contributed by atoms with Crippen LogP contribution in [0.25, 0.3) is 0 Å². The standard InChI is InChI=1S/C17H21N3O2S2.C2HF3O2/c1-11-2-3-24-16(11)7-20-5-13-12(8-22-15(13)6-20)4-18-17(21)14-9-23-10-19-14;3-2(4,5)1(6)7/h2-3,9-10,12-13,15H,4-8H2,1H3,(H,18,21);(H,6,7)/t12-,13+,15+;/m0./s1. The number of aromatic nitrogens is 1. The average Bonchev–Trinajstić information content (AvgIpc) is 3.46. The lowest BCUT2D eigenvalue weighted by Crippen LogP contribution is -2.34. The molecule has 4 rings (SSSR count). The van der Waals surface area contributed by atoms with Gasteiger partial charge in [0.05, 0.1) is 18.2 Å². The van der Waals surface area contributed by atoms with Crippen LogP contribution in [0, 0.1) is 18.8 Å². The zero-order valence-corrected chi connectivity index (χ0v) is 18.2. The first kappa shape index (κ1) is 23.6. The molecule has 2 aliphatic rings. The number of halogens is 3. The van der Waals surface area contributed by atoms with Crippen LogP contribution in [0.5, 0.6) is 0 Å². The van der Waals surface area contributed by atoms with Gasteiger partial charge in [0.2, 0.25) is 0 Å². The number of ether oxygens (including phenoxy) is 1. The third kappa shape index (κ3) is 6.25. The second-order valence-corrected chi connectivity index (χ2v) is 9.12. The summed E-state index contributed by atoms with van der Waals surface area (Å²) in [5.74, 6) is -1.93. The van der Waals surface area contributed by atoms with E-state index >= 15 is 0 Å². The highest BCUT2D eigenvalue weighted by atomic mass is 32.1. The number of carboxylic acids is 1. The first-order chi connectivity index (χ1) is 14.6. The maximum atomic E-state index is 12.1. The van der Waals surface area contributed by atoms with Crippen molar-refractivity contribution in [3.8, 4) is 0 Å². The average molecular weight is 478 g/mol. The molecule has 0 bridgehead atoms. The zero-order valence-electron chi connectivity index (χ0n) is 16.6. The Morgan fingerprint density at radius 1 is 1.39 bits per heavy atom. The van der Waals surface area contributed by atoms with E-state index in [1.54, 1.807) is 10.9 Å². The summed E-state index contributed by atoms with van der Waals surface area (Å²) in [7, 11) is 0. The minimum atomic E-state index is -5.08. The summed E-state index contributed by atoms with van der Waals surface area (Å²) in [6.07, 6.45) is -4.77. The molecule has 1 amide bonds. The molecule has 12 heteroatoms. The number of carbonyl (C=O) groups excluding carboxylic acids is 1. The van der Waals surface area contributed by atoms with Crippen molar-refractivity contribution in [1.82, 2.24) is 15.2 Å². The highest BCUT2D eigenvalue weighted by Crippen LogP contribution is 2.34. The summed E-state index contributed by atoms with van der Waals surface area (Å²) >= 11 is 3.27. The van der Waals surface area contributed by atoms with E-state index in [2.05, 4.69) is 33.6 Å². The fourth-order valence-electron chi connectivity index (χ4n) is 3.63. The zero-order chi connectivity index (χ0) is 22.6. The summed E-state index contributed by atoms with van der Waals surface area (Å²) in [5, 5.41) is 14.1. The van der Waals surface area contributed by atoms with Crippen LogP contribution in [0.1, 0.15) is 20.9 Å². The van der Waals surface area contributed by atoms with E-state index in [-0.39, 0.29) is 5.91 Å². The Hall–Kier alpha value is -2.02. The van der Waals surface area contributed by atoms with Crippen LogP contribution >= 0.6 is 22.7 Å². The fourth-order valence-corrected chi connectivity index (χ4v) is 5.11. The number of aryl methyl sites for hydroxylation is 1. The fraction of sp³-hybridized carbons (Fsp3) is 0.526. The van der Waals surface area contributed by atoms with Crippen LogP contribution in [0.15, 0.2) is 22.3 Å². The van der Waals surface area contributed by atoms with Gasteiger partial charge < -0.3 is 15.2 Å². The van der Waals surface area contributed by atoms with Crippen molar-refractivity contribution in [2.45, 2.75) is 25.7 Å². The van der Waals surface area contributed by atoms with Crippen molar-refractivity contribution < 1.29 is 32.6 Å². The molecule has 0 aliphatic carbocycles. The van der Waals surface area contributed by atoms with E-state index in [4.69, 9.17) is 14.6 Å². The van der Waals surface area contributed by atoms with Crippen LogP contribution in [-0.4, -0.2) is 65.4 Å². The Morgan fingerprint density at radius 3 is 2.71 bits per heavy atom. The number of alkyl halides is 3. The molecule has 2 aliphatic heterocycles. The first-order valence-corrected chi connectivity index (χ1v) is 11.3. The number of nitrogens with one attached hydrogen (secondary N) is 1. The molecule has 7 nitrogen and oxygen atoms in total. The van der Waals surface area contributed by atoms with Gasteiger partial charge in [-0.05, 0) is 23.9 Å². The topological polar surface area (TPSA) is 91.8 Å². The molecular formula is C19H22F3N3O4S2. The summed E-state index contributed by atoms with van der Waals surface area (Å²) in [4.78, 5) is 28.9. The Balaban J connectivity index is 0.000000339. The van der Waals surface area contributed by atoms with Gasteiger partial charge in [-0.3, -0.25) is 9.69 Å². The van der Waals surface area contributed by atoms with Crippen LogP contribution in [-0.2, 0) is 16.1 Å². The lowest BCUT2D eigenvalue weighted by Gasteiger charge is -2.19. The number of hydrogen-bond acceptors (Lipinski definition) is 7. The van der Waals surface area contributed by atoms with Crippen molar-refractivity contribution in [2.24, 2.45) is 11.8 Å². The van der Waals surface area contributed by atoms with E-state index < -0.39 is 12.1 Å². The summed E-state index contributed by atoms with van der Waals surface area (Å²) < 4.78 is 37.7. The van der Waals surface area contributed by atoms with Gasteiger partial charge in [0, 0.05) is 48.3 Å². The van der Waals surface area contributed by atoms with Gasteiger partial charge in [-0.15, -0.1) is 22.7 Å². The van der Waals surface area contributed by atoms with E-state index in [1.165, 1.54) is 21.8 Å². The number of nitrogens with zero attached hydrogens (tertiary/aromatic N) is 2. The number of thiophene rings is 1. The number of carbonyl (C=O) groups is 2. The molecule has 0 saturated carbocycles. The smallest absolute Gasteiger partial charge is 0.475 e. The molecule has 0 spiro atoms. The molecule has 0 aromatic carbocycles. The van der Waals surface area contributed by atoms with E-state index in [1.807, 2.05) is 11.3 Å². The molecule has 2 aromatic heterocycles. The molecule has 2 saturated heterocycles. The van der Waals surface area contributed by atoms with Gasteiger partial charge in [0.1, 0.15) is 5.69 Å². The van der Waals surface area contributed by atoms with E-state index in [0.29, 0.717) is 30.2 Å². The number of likely N-dealkylation sites (tertiary alicyclic amines) is 1. The number of carboxylic acid groups (broad SMARTS) is 1. The first-order valence-electron chi connectivity index (χ1n) is 9.48. The van der Waals surface area contributed by atoms with Crippen LogP contribution < -0.4 is 5.32 Å². The normalized spacial score (nSPS) is 23.2. The molecule has 170 valence electrons. The maximum Gasteiger partial charge on any atom is 0.490 e. The number of fused-ring (bicyclic) bond motifs is 1. The number of amides is 1. The largest absolute Gasteiger partial charge is 0.490 e. The Morgan fingerprint density at radius 2 is 2.13 bits per heavy atom. The quantitative estimate of drug-likeness (QED) is 0.688. The number of rotatable bonds is 5. The minimum Gasteiger partial charge on any atom is -0.475 e. The van der Waals surface area contributed by atoms with Crippen LogP contribution in [0.4, 0.5) is 13.2 Å². The third-order valence-corrected chi connectivity index (χ3v) is 6.88. The van der Waals surface area contributed by atoms with Gasteiger partial charge >= 0.3 is 12.1 Å². The molecule has 4 heterocycles. The highest BCUT2D eigenvalue weighted by Gasteiger charge is 2.43. The molecule has 2 N–H and O–H groups in total. The second kappa shape index (κ2) is 10.1. The predicted octanol–water partition coefficient (Wildman–Crippen LogP) is 3.02. The summed E-state index contributed by atoms with van der Waals surface area (Å²) in [6, 6.07) is 2.18.